The summed E-state index contributed by atoms with van der Waals surface area (Å²) in [5.74, 6) is -0.101. The van der Waals surface area contributed by atoms with Gasteiger partial charge in [-0.25, -0.2) is 4.39 Å². The Morgan fingerprint density at radius 1 is 1.36 bits per heavy atom. The Morgan fingerprint density at radius 3 is 2.86 bits per heavy atom. The molecule has 118 valence electrons. The third-order valence-electron chi connectivity index (χ3n) is 4.15. The number of piperidine rings is 1. The number of likely N-dealkylation sites (tertiary alicyclic amines) is 1. The van der Waals surface area contributed by atoms with Crippen molar-refractivity contribution in [2.75, 3.05) is 26.3 Å². The largest absolute Gasteiger partial charge is 0.351 e. The molecule has 1 saturated heterocycles. The maximum atomic E-state index is 12.3. The van der Waals surface area contributed by atoms with Crippen molar-refractivity contribution in [2.45, 2.75) is 18.9 Å². The summed E-state index contributed by atoms with van der Waals surface area (Å²) in [6, 6.07) is 7.46. The number of amides is 1. The molecule has 6 heteroatoms. The zero-order valence-electron chi connectivity index (χ0n) is 12.2. The van der Waals surface area contributed by atoms with E-state index in [1.54, 1.807) is 6.07 Å². The van der Waals surface area contributed by atoms with Gasteiger partial charge in [-0.15, -0.1) is 0 Å². The van der Waals surface area contributed by atoms with E-state index >= 15 is 0 Å². The Bertz CT molecular complexity index is 664. The molecule has 1 aliphatic rings. The minimum atomic E-state index is -0.311. The van der Waals surface area contributed by atoms with E-state index in [9.17, 15) is 9.18 Å². The van der Waals surface area contributed by atoms with Crippen LogP contribution in [0.2, 0.25) is 5.02 Å². The highest BCUT2D eigenvalue weighted by Crippen LogP contribution is 2.20. The van der Waals surface area contributed by atoms with E-state index in [2.05, 4.69) is 15.2 Å². The van der Waals surface area contributed by atoms with Crippen LogP contribution >= 0.6 is 11.6 Å². The van der Waals surface area contributed by atoms with Gasteiger partial charge in [0, 0.05) is 41.6 Å². The molecule has 1 aromatic heterocycles. The number of halogens is 2. The lowest BCUT2D eigenvalue weighted by atomic mass is 10.0. The molecular formula is C16H19ClFN3O. The smallest absolute Gasteiger partial charge is 0.267 e. The van der Waals surface area contributed by atoms with Gasteiger partial charge in [0.1, 0.15) is 12.4 Å². The molecular weight excluding hydrogens is 305 g/mol. The lowest BCUT2D eigenvalue weighted by molar-refractivity contribution is 0.0904. The Labute approximate surface area is 133 Å². The first kappa shape index (κ1) is 15.3. The Kier molecular flexibility index (Phi) is 4.64. The lowest BCUT2D eigenvalue weighted by Crippen LogP contribution is -2.45. The van der Waals surface area contributed by atoms with Crippen molar-refractivity contribution in [3.63, 3.8) is 0 Å². The van der Waals surface area contributed by atoms with Crippen LogP contribution in [0.3, 0.4) is 0 Å². The third kappa shape index (κ3) is 3.42. The summed E-state index contributed by atoms with van der Waals surface area (Å²) in [5, 5.41) is 4.63. The van der Waals surface area contributed by atoms with Gasteiger partial charge in [-0.1, -0.05) is 11.6 Å². The Morgan fingerprint density at radius 2 is 2.14 bits per heavy atom. The van der Waals surface area contributed by atoms with Crippen molar-refractivity contribution >= 4 is 28.4 Å². The number of rotatable bonds is 4. The van der Waals surface area contributed by atoms with Crippen LogP contribution in [0.1, 0.15) is 23.3 Å². The molecule has 1 aliphatic heterocycles. The molecule has 0 radical (unpaired) electrons. The van der Waals surface area contributed by atoms with E-state index in [4.69, 9.17) is 11.6 Å². The van der Waals surface area contributed by atoms with Crippen molar-refractivity contribution in [3.05, 3.63) is 35.0 Å². The highest BCUT2D eigenvalue weighted by Gasteiger charge is 2.21. The zero-order chi connectivity index (χ0) is 15.5. The van der Waals surface area contributed by atoms with Gasteiger partial charge < -0.3 is 15.2 Å². The second-order valence-electron chi connectivity index (χ2n) is 5.69. The summed E-state index contributed by atoms with van der Waals surface area (Å²) in [7, 11) is 0. The average molecular weight is 324 g/mol. The van der Waals surface area contributed by atoms with Gasteiger partial charge in [0.25, 0.3) is 5.91 Å². The summed E-state index contributed by atoms with van der Waals surface area (Å²) in [4.78, 5) is 17.5. The monoisotopic (exact) mass is 323 g/mol. The molecule has 0 unspecified atom stereocenters. The molecule has 0 saturated carbocycles. The molecule has 0 atom stereocenters. The van der Waals surface area contributed by atoms with Gasteiger partial charge in [0.2, 0.25) is 0 Å². The van der Waals surface area contributed by atoms with Crippen LogP contribution in [0.5, 0.6) is 0 Å². The fourth-order valence-corrected chi connectivity index (χ4v) is 3.09. The first-order chi connectivity index (χ1) is 10.7. The van der Waals surface area contributed by atoms with Gasteiger partial charge >= 0.3 is 0 Å². The van der Waals surface area contributed by atoms with Gasteiger partial charge in [-0.05, 0) is 37.1 Å². The summed E-state index contributed by atoms with van der Waals surface area (Å²) in [6.45, 7) is 1.84. The first-order valence-corrected chi connectivity index (χ1v) is 7.91. The molecule has 0 bridgehead atoms. The van der Waals surface area contributed by atoms with Gasteiger partial charge in [-0.2, -0.15) is 0 Å². The molecule has 2 heterocycles. The van der Waals surface area contributed by atoms with Crippen LogP contribution in [-0.4, -0.2) is 48.1 Å². The summed E-state index contributed by atoms with van der Waals surface area (Å²) in [5.41, 5.74) is 1.44. The molecule has 2 N–H and O–H groups in total. The Hall–Kier alpha value is -1.59. The number of carbonyl (C=O) groups is 1. The number of aromatic amines is 1. The van der Waals surface area contributed by atoms with E-state index in [1.165, 1.54) is 0 Å². The SMILES string of the molecule is O=C(NC1CCN(CCF)CC1)c1cc2cc(Cl)ccc2[nH]1. The quantitative estimate of drug-likeness (QED) is 0.908. The first-order valence-electron chi connectivity index (χ1n) is 7.53. The number of H-pyrrole nitrogens is 1. The van der Waals surface area contributed by atoms with Crippen molar-refractivity contribution in [3.8, 4) is 0 Å². The van der Waals surface area contributed by atoms with Crippen molar-refractivity contribution < 1.29 is 9.18 Å². The van der Waals surface area contributed by atoms with Crippen LogP contribution in [0.15, 0.2) is 24.3 Å². The predicted molar refractivity (Wildman–Crippen MR) is 86.2 cm³/mol. The molecule has 1 fully saturated rings. The number of hydrogen-bond donors (Lipinski definition) is 2. The van der Waals surface area contributed by atoms with Crippen molar-refractivity contribution in [2.24, 2.45) is 0 Å². The second-order valence-corrected chi connectivity index (χ2v) is 6.13. The van der Waals surface area contributed by atoms with Gasteiger partial charge in [0.15, 0.2) is 0 Å². The molecule has 4 nitrogen and oxygen atoms in total. The van der Waals surface area contributed by atoms with Crippen LogP contribution in [0, 0.1) is 0 Å². The highest BCUT2D eigenvalue weighted by atomic mass is 35.5. The number of hydrogen-bond acceptors (Lipinski definition) is 2. The molecule has 3 rings (SSSR count). The fraction of sp³-hybridized carbons (Fsp3) is 0.438. The second kappa shape index (κ2) is 6.67. The van der Waals surface area contributed by atoms with Crippen LogP contribution in [0.4, 0.5) is 4.39 Å². The highest BCUT2D eigenvalue weighted by molar-refractivity contribution is 6.31. The minimum Gasteiger partial charge on any atom is -0.351 e. The van der Waals surface area contributed by atoms with E-state index in [1.807, 2.05) is 18.2 Å². The maximum Gasteiger partial charge on any atom is 0.267 e. The van der Waals surface area contributed by atoms with Crippen molar-refractivity contribution in [1.29, 1.82) is 0 Å². The average Bonchev–Trinajstić information content (AvgIpc) is 2.92. The number of alkyl halides is 1. The van der Waals surface area contributed by atoms with Crippen LogP contribution in [-0.2, 0) is 0 Å². The molecule has 0 aliphatic carbocycles. The molecule has 0 spiro atoms. The maximum absolute atomic E-state index is 12.3. The third-order valence-corrected chi connectivity index (χ3v) is 4.39. The van der Waals surface area contributed by atoms with Crippen LogP contribution in [0.25, 0.3) is 10.9 Å². The summed E-state index contributed by atoms with van der Waals surface area (Å²) in [6.07, 6.45) is 1.72. The van der Waals surface area contributed by atoms with Gasteiger partial charge in [0.05, 0.1) is 0 Å². The standard InChI is InChI=1S/C16H19ClFN3O/c17-12-1-2-14-11(9-12)10-15(20-14)16(22)19-13-3-6-21(7-4-13)8-5-18/h1-2,9-10,13,20H,3-8H2,(H,19,22). The summed E-state index contributed by atoms with van der Waals surface area (Å²) >= 11 is 5.96. The molecule has 1 amide bonds. The van der Waals surface area contributed by atoms with E-state index in [0.717, 1.165) is 36.8 Å². The minimum absolute atomic E-state index is 0.101. The fourth-order valence-electron chi connectivity index (χ4n) is 2.91. The molecule has 2 aromatic rings. The van der Waals surface area contributed by atoms with E-state index in [-0.39, 0.29) is 18.6 Å². The number of aromatic nitrogens is 1. The normalized spacial score (nSPS) is 17.0. The summed E-state index contributed by atoms with van der Waals surface area (Å²) < 4.78 is 12.3. The van der Waals surface area contributed by atoms with E-state index < -0.39 is 0 Å². The Balaban J connectivity index is 1.61. The molecule has 22 heavy (non-hydrogen) atoms. The number of benzene rings is 1. The van der Waals surface area contributed by atoms with Crippen LogP contribution < -0.4 is 5.32 Å². The van der Waals surface area contributed by atoms with Gasteiger partial charge in [-0.3, -0.25) is 4.79 Å². The number of carbonyl (C=O) groups excluding carboxylic acids is 1. The molecule has 1 aromatic carbocycles. The number of fused-ring (bicyclic) bond motifs is 1. The van der Waals surface area contributed by atoms with E-state index in [0.29, 0.717) is 17.3 Å². The van der Waals surface area contributed by atoms with Crippen molar-refractivity contribution in [1.82, 2.24) is 15.2 Å². The number of nitrogens with one attached hydrogen (secondary N) is 2. The lowest BCUT2D eigenvalue weighted by Gasteiger charge is -2.31. The topological polar surface area (TPSA) is 48.1 Å². The predicted octanol–water partition coefficient (Wildman–Crippen LogP) is 2.99. The zero-order valence-corrected chi connectivity index (χ0v) is 13.0. The number of nitrogens with zero attached hydrogens (tertiary/aromatic N) is 1.